The van der Waals surface area contributed by atoms with E-state index >= 15 is 0 Å². The minimum atomic E-state index is -0.442. The maximum Gasteiger partial charge on any atom is 0.276 e. The second-order valence-electron chi connectivity index (χ2n) is 7.67. The number of nitrogens with one attached hydrogen (secondary N) is 3. The van der Waals surface area contributed by atoms with Crippen LogP contribution in [0.5, 0.6) is 11.5 Å². The summed E-state index contributed by atoms with van der Waals surface area (Å²) in [5.74, 6) is 0.394. The lowest BCUT2D eigenvalue weighted by atomic mass is 10.1. The molecule has 35 heavy (non-hydrogen) atoms. The number of hydrogen-bond donors (Lipinski definition) is 3. The number of ether oxygens (including phenoxy) is 2. The minimum Gasteiger partial charge on any atom is -0.492 e. The number of thiocarbonyl (C=S) groups is 1. The molecule has 2 amide bonds. The van der Waals surface area contributed by atoms with E-state index in [-0.39, 0.29) is 11.7 Å². The van der Waals surface area contributed by atoms with Crippen LogP contribution in [0.4, 0.5) is 0 Å². The highest BCUT2D eigenvalue weighted by Gasteiger charge is 2.12. The van der Waals surface area contributed by atoms with Crippen molar-refractivity contribution in [3.8, 4) is 11.5 Å². The van der Waals surface area contributed by atoms with Crippen molar-refractivity contribution >= 4 is 45.1 Å². The van der Waals surface area contributed by atoms with Gasteiger partial charge in [0.2, 0.25) is 0 Å². The molecule has 0 saturated heterocycles. The normalized spacial score (nSPS) is 10.3. The van der Waals surface area contributed by atoms with Crippen molar-refractivity contribution < 1.29 is 19.1 Å². The summed E-state index contributed by atoms with van der Waals surface area (Å²) in [5, 5.41) is 2.47. The van der Waals surface area contributed by atoms with Gasteiger partial charge in [-0.25, -0.2) is 0 Å². The van der Waals surface area contributed by atoms with Crippen LogP contribution in [0, 0.1) is 13.8 Å². The van der Waals surface area contributed by atoms with Crippen LogP contribution >= 0.6 is 28.1 Å². The third-order valence-electron chi connectivity index (χ3n) is 5.14. The number of carbonyl (C=O) groups is 2. The molecule has 3 N–H and O–H groups in total. The molecule has 0 atom stereocenters. The van der Waals surface area contributed by atoms with E-state index in [1.54, 1.807) is 24.3 Å². The van der Waals surface area contributed by atoms with E-state index in [4.69, 9.17) is 21.7 Å². The van der Waals surface area contributed by atoms with Crippen LogP contribution in [0.1, 0.15) is 27.0 Å². The fourth-order valence-corrected chi connectivity index (χ4v) is 3.71. The standard InChI is InChI=1S/C26H26BrN3O4S/c1-17-7-6-10-22(18(17)2)34-16-24(31)29-30-26(35)28-25(32)20-11-12-23(21(27)15-20)33-14-13-19-8-4-3-5-9-19/h3-12,15H,13-14,16H2,1-2H3,(H,29,31)(H2,28,30,32,35). The van der Waals surface area contributed by atoms with Gasteiger partial charge < -0.3 is 9.47 Å². The van der Waals surface area contributed by atoms with Crippen LogP contribution in [0.2, 0.25) is 0 Å². The molecule has 0 aromatic heterocycles. The summed E-state index contributed by atoms with van der Waals surface area (Å²) in [5.41, 5.74) is 8.50. The fraction of sp³-hybridized carbons (Fsp3) is 0.192. The zero-order valence-corrected chi connectivity index (χ0v) is 21.8. The second kappa shape index (κ2) is 12.9. The Morgan fingerprint density at radius 3 is 2.43 bits per heavy atom. The summed E-state index contributed by atoms with van der Waals surface area (Å²) in [7, 11) is 0. The van der Waals surface area contributed by atoms with Crippen molar-refractivity contribution in [2.24, 2.45) is 0 Å². The predicted octanol–water partition coefficient (Wildman–Crippen LogP) is 4.40. The molecule has 0 unspecified atom stereocenters. The molecule has 0 fully saturated rings. The summed E-state index contributed by atoms with van der Waals surface area (Å²) in [6.07, 6.45) is 0.775. The Hall–Kier alpha value is -3.43. The van der Waals surface area contributed by atoms with Gasteiger partial charge in [0.1, 0.15) is 11.5 Å². The van der Waals surface area contributed by atoms with E-state index in [1.807, 2.05) is 56.3 Å². The van der Waals surface area contributed by atoms with E-state index in [0.29, 0.717) is 28.1 Å². The molecule has 3 aromatic carbocycles. The van der Waals surface area contributed by atoms with Crippen LogP contribution in [0.25, 0.3) is 0 Å². The summed E-state index contributed by atoms with van der Waals surface area (Å²) >= 11 is 8.53. The first-order valence-electron chi connectivity index (χ1n) is 10.9. The van der Waals surface area contributed by atoms with Gasteiger partial charge in [-0.1, -0.05) is 42.5 Å². The van der Waals surface area contributed by atoms with Crippen molar-refractivity contribution in [3.05, 3.63) is 93.5 Å². The molecular formula is C26H26BrN3O4S. The lowest BCUT2D eigenvalue weighted by Gasteiger charge is -2.13. The predicted molar refractivity (Wildman–Crippen MR) is 143 cm³/mol. The quantitative estimate of drug-likeness (QED) is 0.282. The fourth-order valence-electron chi connectivity index (χ4n) is 3.08. The highest BCUT2D eigenvalue weighted by molar-refractivity contribution is 9.10. The van der Waals surface area contributed by atoms with Crippen molar-refractivity contribution in [2.45, 2.75) is 20.3 Å². The molecule has 182 valence electrons. The number of aryl methyl sites for hydroxylation is 1. The van der Waals surface area contributed by atoms with Gasteiger partial charge in [-0.3, -0.25) is 25.8 Å². The van der Waals surface area contributed by atoms with E-state index in [1.165, 1.54) is 5.56 Å². The molecule has 9 heteroatoms. The number of halogens is 1. The van der Waals surface area contributed by atoms with Crippen molar-refractivity contribution in [1.29, 1.82) is 0 Å². The number of benzene rings is 3. The van der Waals surface area contributed by atoms with Crippen LogP contribution in [-0.4, -0.2) is 30.1 Å². The lowest BCUT2D eigenvalue weighted by molar-refractivity contribution is -0.123. The molecule has 0 heterocycles. The van der Waals surface area contributed by atoms with Gasteiger partial charge in [0.15, 0.2) is 11.7 Å². The lowest BCUT2D eigenvalue weighted by Crippen LogP contribution is -2.49. The van der Waals surface area contributed by atoms with E-state index in [0.717, 1.165) is 17.5 Å². The topological polar surface area (TPSA) is 88.7 Å². The summed E-state index contributed by atoms with van der Waals surface area (Å²) in [6.45, 7) is 4.20. The summed E-state index contributed by atoms with van der Waals surface area (Å²) in [4.78, 5) is 24.5. The highest BCUT2D eigenvalue weighted by atomic mass is 79.9. The number of rotatable bonds is 8. The molecule has 0 spiro atoms. The zero-order valence-electron chi connectivity index (χ0n) is 19.4. The first-order chi connectivity index (χ1) is 16.8. The maximum absolute atomic E-state index is 12.5. The monoisotopic (exact) mass is 555 g/mol. The summed E-state index contributed by atoms with van der Waals surface area (Å²) in [6, 6.07) is 20.7. The Morgan fingerprint density at radius 2 is 1.69 bits per heavy atom. The van der Waals surface area contributed by atoms with Gasteiger partial charge in [0.05, 0.1) is 11.1 Å². The average molecular weight is 556 g/mol. The van der Waals surface area contributed by atoms with Crippen molar-refractivity contribution in [2.75, 3.05) is 13.2 Å². The SMILES string of the molecule is Cc1cccc(OCC(=O)NNC(=S)NC(=O)c2ccc(OCCc3ccccc3)c(Br)c2)c1C. The van der Waals surface area contributed by atoms with Crippen molar-refractivity contribution in [3.63, 3.8) is 0 Å². The Kier molecular flexibility index (Phi) is 9.63. The molecule has 0 aliphatic heterocycles. The van der Waals surface area contributed by atoms with E-state index < -0.39 is 11.8 Å². The molecule has 0 radical (unpaired) electrons. The zero-order chi connectivity index (χ0) is 25.2. The largest absolute Gasteiger partial charge is 0.492 e. The molecule has 3 rings (SSSR count). The number of carbonyl (C=O) groups excluding carboxylic acids is 2. The van der Waals surface area contributed by atoms with Gasteiger partial charge in [-0.05, 0) is 83.0 Å². The van der Waals surface area contributed by atoms with Crippen LogP contribution in [-0.2, 0) is 11.2 Å². The Labute approximate surface area is 218 Å². The third-order valence-corrected chi connectivity index (χ3v) is 5.97. The number of hydrazine groups is 1. The average Bonchev–Trinajstić information content (AvgIpc) is 2.85. The van der Waals surface area contributed by atoms with E-state index in [2.05, 4.69) is 32.1 Å². The smallest absolute Gasteiger partial charge is 0.276 e. The number of amides is 2. The molecule has 0 bridgehead atoms. The first-order valence-corrected chi connectivity index (χ1v) is 12.1. The Bertz CT molecular complexity index is 1200. The minimum absolute atomic E-state index is 0.0469. The molecular weight excluding hydrogens is 530 g/mol. The van der Waals surface area contributed by atoms with Gasteiger partial charge in [0, 0.05) is 12.0 Å². The maximum atomic E-state index is 12.5. The Balaban J connectivity index is 1.42. The van der Waals surface area contributed by atoms with Crippen LogP contribution < -0.4 is 25.6 Å². The molecule has 0 aliphatic rings. The van der Waals surface area contributed by atoms with Gasteiger partial charge in [0.25, 0.3) is 11.8 Å². The molecule has 0 saturated carbocycles. The molecule has 3 aromatic rings. The van der Waals surface area contributed by atoms with Crippen LogP contribution in [0.3, 0.4) is 0 Å². The third kappa shape index (κ3) is 8.08. The van der Waals surface area contributed by atoms with Crippen molar-refractivity contribution in [1.82, 2.24) is 16.2 Å². The first kappa shape index (κ1) is 26.2. The molecule has 0 aliphatic carbocycles. The summed E-state index contributed by atoms with van der Waals surface area (Å²) < 4.78 is 12.0. The number of hydrogen-bond acceptors (Lipinski definition) is 5. The van der Waals surface area contributed by atoms with Gasteiger partial charge >= 0.3 is 0 Å². The van der Waals surface area contributed by atoms with Crippen LogP contribution in [0.15, 0.2) is 71.2 Å². The highest BCUT2D eigenvalue weighted by Crippen LogP contribution is 2.26. The van der Waals surface area contributed by atoms with Gasteiger partial charge in [-0.15, -0.1) is 0 Å². The van der Waals surface area contributed by atoms with Gasteiger partial charge in [-0.2, -0.15) is 0 Å². The van der Waals surface area contributed by atoms with E-state index in [9.17, 15) is 9.59 Å². The molecule has 7 nitrogen and oxygen atoms in total. The second-order valence-corrected chi connectivity index (χ2v) is 8.93. The Morgan fingerprint density at radius 1 is 0.914 bits per heavy atom.